The van der Waals surface area contributed by atoms with Crippen LogP contribution in [-0.4, -0.2) is 49.5 Å². The summed E-state index contributed by atoms with van der Waals surface area (Å²) in [5, 5.41) is 0. The van der Waals surface area contributed by atoms with Gasteiger partial charge in [0.2, 0.25) is 0 Å². The van der Waals surface area contributed by atoms with Gasteiger partial charge in [0, 0.05) is 11.1 Å². The molecular weight excluding hydrogens is 410 g/mol. The number of carbonyl (C=O) groups is 3. The van der Waals surface area contributed by atoms with Crippen molar-refractivity contribution in [1.29, 1.82) is 0 Å². The Balaban J connectivity index is 2.68. The van der Waals surface area contributed by atoms with Crippen molar-refractivity contribution >= 4 is 23.6 Å². The van der Waals surface area contributed by atoms with Crippen molar-refractivity contribution in [2.24, 2.45) is 10.9 Å². The van der Waals surface area contributed by atoms with E-state index in [0.717, 1.165) is 11.1 Å². The number of aliphatic imine (C=N–C) groups is 1. The lowest BCUT2D eigenvalue weighted by Gasteiger charge is -2.26. The summed E-state index contributed by atoms with van der Waals surface area (Å²) in [7, 11) is 2.40. The molecule has 7 heteroatoms. The number of hydrogen-bond acceptors (Lipinski definition) is 7. The second-order valence-corrected chi connectivity index (χ2v) is 8.10. The molecule has 2 rings (SSSR count). The Morgan fingerprint density at radius 3 is 1.72 bits per heavy atom. The molecule has 0 amide bonds. The predicted octanol–water partition coefficient (Wildman–Crippen LogP) is 3.59. The molecule has 2 aromatic rings. The van der Waals surface area contributed by atoms with E-state index in [9.17, 15) is 14.4 Å². The molecule has 0 fully saturated rings. The van der Waals surface area contributed by atoms with Crippen LogP contribution in [0.2, 0.25) is 0 Å². The molecule has 0 radical (unpaired) electrons. The number of carbonyl (C=O) groups excluding carboxylic acids is 3. The minimum atomic E-state index is -1.32. The maximum absolute atomic E-state index is 13.2. The van der Waals surface area contributed by atoms with Crippen LogP contribution in [0.4, 0.5) is 0 Å². The monoisotopic (exact) mass is 439 g/mol. The molecule has 0 aliphatic heterocycles. The topological polar surface area (TPSA) is 91.3 Å². The van der Waals surface area contributed by atoms with E-state index < -0.39 is 35.5 Å². The Bertz CT molecular complexity index is 906. The van der Waals surface area contributed by atoms with Gasteiger partial charge in [0.1, 0.15) is 11.5 Å². The molecule has 0 heterocycles. The molecule has 0 aliphatic carbocycles. The molecule has 1 unspecified atom stereocenters. The Morgan fingerprint density at radius 2 is 1.31 bits per heavy atom. The van der Waals surface area contributed by atoms with Gasteiger partial charge in [-0.3, -0.25) is 14.6 Å². The maximum atomic E-state index is 13.2. The SMILES string of the molecule is COC(=O)C[C@H](C(=O)OC)C(N=C(c1ccccc1)c1ccccc1)C(=O)OC(C)(C)C. The lowest BCUT2D eigenvalue weighted by Crippen LogP contribution is -2.41. The molecule has 2 aromatic carbocycles. The number of ether oxygens (including phenoxy) is 3. The largest absolute Gasteiger partial charge is 0.469 e. The third-order valence-electron chi connectivity index (χ3n) is 4.51. The second kappa shape index (κ2) is 11.2. The van der Waals surface area contributed by atoms with Crippen molar-refractivity contribution in [2.75, 3.05) is 14.2 Å². The van der Waals surface area contributed by atoms with Crippen molar-refractivity contribution in [3.8, 4) is 0 Å². The molecule has 170 valence electrons. The van der Waals surface area contributed by atoms with Gasteiger partial charge in [0.15, 0.2) is 6.04 Å². The average molecular weight is 440 g/mol. The highest BCUT2D eigenvalue weighted by Gasteiger charge is 2.39. The maximum Gasteiger partial charge on any atom is 0.332 e. The van der Waals surface area contributed by atoms with E-state index in [2.05, 4.69) is 0 Å². The molecule has 0 aromatic heterocycles. The van der Waals surface area contributed by atoms with E-state index in [1.807, 2.05) is 60.7 Å². The minimum absolute atomic E-state index is 0.382. The van der Waals surface area contributed by atoms with Gasteiger partial charge >= 0.3 is 17.9 Å². The average Bonchev–Trinajstić information content (AvgIpc) is 2.77. The van der Waals surface area contributed by atoms with Crippen molar-refractivity contribution in [2.45, 2.75) is 38.8 Å². The van der Waals surface area contributed by atoms with Gasteiger partial charge in [-0.25, -0.2) is 4.79 Å². The highest BCUT2D eigenvalue weighted by molar-refractivity contribution is 6.13. The van der Waals surface area contributed by atoms with Crippen LogP contribution in [0, 0.1) is 5.92 Å². The fourth-order valence-electron chi connectivity index (χ4n) is 3.05. The Kier molecular flexibility index (Phi) is 8.70. The third-order valence-corrected chi connectivity index (χ3v) is 4.51. The zero-order valence-electron chi connectivity index (χ0n) is 19.0. The van der Waals surface area contributed by atoms with Gasteiger partial charge in [-0.15, -0.1) is 0 Å². The standard InChI is InChI=1S/C25H29NO6/c1-25(2,3)32-24(29)22(19(23(28)31-5)16-20(27)30-4)26-21(17-12-8-6-9-13-17)18-14-10-7-11-15-18/h6-15,19,22H,16H2,1-5H3/t19-,22?/m0/s1. The van der Waals surface area contributed by atoms with E-state index in [4.69, 9.17) is 19.2 Å². The summed E-state index contributed by atoms with van der Waals surface area (Å²) in [6.07, 6.45) is -0.382. The van der Waals surface area contributed by atoms with E-state index in [-0.39, 0.29) is 6.42 Å². The molecular formula is C25H29NO6. The van der Waals surface area contributed by atoms with Crippen LogP contribution < -0.4 is 0 Å². The number of nitrogens with zero attached hydrogens (tertiary/aromatic N) is 1. The highest BCUT2D eigenvalue weighted by atomic mass is 16.6. The van der Waals surface area contributed by atoms with Gasteiger partial charge < -0.3 is 14.2 Å². The van der Waals surface area contributed by atoms with Gasteiger partial charge in [0.25, 0.3) is 0 Å². The number of hydrogen-bond donors (Lipinski definition) is 0. The Hall–Kier alpha value is -3.48. The summed E-state index contributed by atoms with van der Waals surface area (Å²) in [5.41, 5.74) is 1.15. The number of esters is 3. The summed E-state index contributed by atoms with van der Waals surface area (Å²) in [5.74, 6) is -3.37. The van der Waals surface area contributed by atoms with Crippen LogP contribution in [0.1, 0.15) is 38.3 Å². The first-order valence-electron chi connectivity index (χ1n) is 10.2. The molecule has 7 nitrogen and oxygen atoms in total. The van der Waals surface area contributed by atoms with Gasteiger partial charge in [-0.05, 0) is 20.8 Å². The quantitative estimate of drug-likeness (QED) is 0.355. The highest BCUT2D eigenvalue weighted by Crippen LogP contribution is 2.23. The molecule has 32 heavy (non-hydrogen) atoms. The fraction of sp³-hybridized carbons (Fsp3) is 0.360. The van der Waals surface area contributed by atoms with Gasteiger partial charge in [-0.2, -0.15) is 0 Å². The first-order chi connectivity index (χ1) is 15.2. The third kappa shape index (κ3) is 7.04. The molecule has 0 N–H and O–H groups in total. The van der Waals surface area contributed by atoms with Crippen molar-refractivity contribution < 1.29 is 28.6 Å². The number of benzene rings is 2. The fourth-order valence-corrected chi connectivity index (χ4v) is 3.05. The first-order valence-corrected chi connectivity index (χ1v) is 10.2. The van der Waals surface area contributed by atoms with E-state index in [0.29, 0.717) is 5.71 Å². The van der Waals surface area contributed by atoms with Crippen LogP contribution in [0.5, 0.6) is 0 Å². The smallest absolute Gasteiger partial charge is 0.332 e. The molecule has 0 bridgehead atoms. The first kappa shape index (κ1) is 24.8. The van der Waals surface area contributed by atoms with Gasteiger partial charge in [-0.1, -0.05) is 60.7 Å². The van der Waals surface area contributed by atoms with E-state index >= 15 is 0 Å². The molecule has 2 atom stereocenters. The van der Waals surface area contributed by atoms with Crippen LogP contribution in [0.3, 0.4) is 0 Å². The number of rotatable bonds is 8. The van der Waals surface area contributed by atoms with Crippen LogP contribution in [-0.2, 0) is 28.6 Å². The molecule has 0 aliphatic rings. The summed E-state index contributed by atoms with van der Waals surface area (Å²) in [6.45, 7) is 5.15. The molecule has 0 saturated carbocycles. The zero-order valence-corrected chi connectivity index (χ0v) is 19.0. The van der Waals surface area contributed by atoms with Crippen LogP contribution >= 0.6 is 0 Å². The lowest BCUT2D eigenvalue weighted by atomic mass is 9.94. The van der Waals surface area contributed by atoms with Crippen LogP contribution in [0.15, 0.2) is 65.7 Å². The van der Waals surface area contributed by atoms with Crippen molar-refractivity contribution in [3.63, 3.8) is 0 Å². The lowest BCUT2D eigenvalue weighted by molar-refractivity contribution is -0.164. The van der Waals surface area contributed by atoms with E-state index in [1.54, 1.807) is 20.8 Å². The summed E-state index contributed by atoms with van der Waals surface area (Å²) < 4.78 is 15.2. The Morgan fingerprint density at radius 1 is 0.812 bits per heavy atom. The molecule has 0 saturated heterocycles. The van der Waals surface area contributed by atoms with Crippen molar-refractivity contribution in [1.82, 2.24) is 0 Å². The van der Waals surface area contributed by atoms with Gasteiger partial charge in [0.05, 0.1) is 26.4 Å². The zero-order chi connectivity index (χ0) is 23.7. The van der Waals surface area contributed by atoms with Crippen molar-refractivity contribution in [3.05, 3.63) is 71.8 Å². The Labute approximate surface area is 188 Å². The summed E-state index contributed by atoms with van der Waals surface area (Å²) in [6, 6.07) is 17.2. The minimum Gasteiger partial charge on any atom is -0.469 e. The van der Waals surface area contributed by atoms with E-state index in [1.165, 1.54) is 14.2 Å². The summed E-state index contributed by atoms with van der Waals surface area (Å²) in [4.78, 5) is 42.6. The van der Waals surface area contributed by atoms with Crippen LogP contribution in [0.25, 0.3) is 0 Å². The number of methoxy groups -OCH3 is 2. The second-order valence-electron chi connectivity index (χ2n) is 8.10. The predicted molar refractivity (Wildman–Crippen MR) is 120 cm³/mol. The summed E-state index contributed by atoms with van der Waals surface area (Å²) >= 11 is 0. The normalized spacial score (nSPS) is 12.8. The molecule has 0 spiro atoms.